The standard InChI is InChI=1S/C8H6N2OS/c11-8-10-5-7(12-8)6-2-1-3-9-4-6/h1-5H,(H,10,11). The molecule has 60 valence electrons. The van der Waals surface area contributed by atoms with Gasteiger partial charge in [-0.2, -0.15) is 0 Å². The topological polar surface area (TPSA) is 45.8 Å². The lowest BCUT2D eigenvalue weighted by atomic mass is 10.3. The fourth-order valence-corrected chi connectivity index (χ4v) is 1.61. The third kappa shape index (κ3) is 1.29. The molecule has 0 bridgehead atoms. The average molecular weight is 178 g/mol. The summed E-state index contributed by atoms with van der Waals surface area (Å²) >= 11 is 1.19. The van der Waals surface area contributed by atoms with Crippen LogP contribution in [0.3, 0.4) is 0 Å². The van der Waals surface area contributed by atoms with E-state index in [1.807, 2.05) is 12.1 Å². The molecule has 0 aliphatic heterocycles. The summed E-state index contributed by atoms with van der Waals surface area (Å²) in [5, 5.41) is 0. The van der Waals surface area contributed by atoms with Crippen LogP contribution < -0.4 is 4.87 Å². The number of pyridine rings is 1. The van der Waals surface area contributed by atoms with E-state index in [1.165, 1.54) is 11.3 Å². The molecular formula is C8H6N2OS. The minimum atomic E-state index is -0.0335. The predicted octanol–water partition coefficient (Wildman–Crippen LogP) is 1.50. The van der Waals surface area contributed by atoms with E-state index < -0.39 is 0 Å². The Morgan fingerprint density at radius 1 is 1.50 bits per heavy atom. The molecular weight excluding hydrogens is 172 g/mol. The number of H-pyrrole nitrogens is 1. The third-order valence-electron chi connectivity index (χ3n) is 1.47. The van der Waals surface area contributed by atoms with Gasteiger partial charge in [0.25, 0.3) is 0 Å². The number of aromatic amines is 1. The summed E-state index contributed by atoms with van der Waals surface area (Å²) in [7, 11) is 0. The van der Waals surface area contributed by atoms with Crippen molar-refractivity contribution in [2.45, 2.75) is 0 Å². The van der Waals surface area contributed by atoms with Gasteiger partial charge in [0.2, 0.25) is 0 Å². The third-order valence-corrected chi connectivity index (χ3v) is 2.35. The lowest BCUT2D eigenvalue weighted by Gasteiger charge is -1.91. The number of nitrogens with zero attached hydrogens (tertiary/aromatic N) is 1. The fourth-order valence-electron chi connectivity index (χ4n) is 0.934. The molecule has 0 aliphatic carbocycles. The summed E-state index contributed by atoms with van der Waals surface area (Å²) in [5.74, 6) is 0. The summed E-state index contributed by atoms with van der Waals surface area (Å²) in [6, 6.07) is 3.77. The molecule has 0 fully saturated rings. The van der Waals surface area contributed by atoms with Crippen molar-refractivity contribution in [3.63, 3.8) is 0 Å². The van der Waals surface area contributed by atoms with Gasteiger partial charge in [0.15, 0.2) is 0 Å². The number of rotatable bonds is 1. The quantitative estimate of drug-likeness (QED) is 0.719. The van der Waals surface area contributed by atoms with Crippen LogP contribution in [0.2, 0.25) is 0 Å². The lowest BCUT2D eigenvalue weighted by molar-refractivity contribution is 1.32. The SMILES string of the molecule is O=c1[nH]cc(-c2cccnc2)s1. The summed E-state index contributed by atoms with van der Waals surface area (Å²) < 4.78 is 0. The Hall–Kier alpha value is -1.42. The van der Waals surface area contributed by atoms with Gasteiger partial charge in [-0.25, -0.2) is 0 Å². The van der Waals surface area contributed by atoms with Crippen molar-refractivity contribution in [1.82, 2.24) is 9.97 Å². The summed E-state index contributed by atoms with van der Waals surface area (Å²) in [6.07, 6.45) is 5.14. The lowest BCUT2D eigenvalue weighted by Crippen LogP contribution is -1.88. The van der Waals surface area contributed by atoms with E-state index in [2.05, 4.69) is 9.97 Å². The van der Waals surface area contributed by atoms with Crippen molar-refractivity contribution >= 4 is 11.3 Å². The maximum Gasteiger partial charge on any atom is 0.305 e. The van der Waals surface area contributed by atoms with Crippen molar-refractivity contribution in [2.75, 3.05) is 0 Å². The van der Waals surface area contributed by atoms with Crippen LogP contribution >= 0.6 is 11.3 Å². The van der Waals surface area contributed by atoms with Crippen molar-refractivity contribution in [2.24, 2.45) is 0 Å². The van der Waals surface area contributed by atoms with E-state index in [-0.39, 0.29) is 4.87 Å². The van der Waals surface area contributed by atoms with Crippen molar-refractivity contribution in [3.05, 3.63) is 40.4 Å². The molecule has 0 aromatic carbocycles. The van der Waals surface area contributed by atoms with Gasteiger partial charge in [0.1, 0.15) is 0 Å². The van der Waals surface area contributed by atoms with Crippen LogP contribution in [0, 0.1) is 0 Å². The number of aromatic nitrogens is 2. The van der Waals surface area contributed by atoms with Crippen LogP contribution in [0.25, 0.3) is 10.4 Å². The largest absolute Gasteiger partial charge is 0.319 e. The molecule has 0 atom stereocenters. The van der Waals surface area contributed by atoms with Gasteiger partial charge < -0.3 is 4.98 Å². The molecule has 2 rings (SSSR count). The Kier molecular flexibility index (Phi) is 1.75. The molecule has 0 aliphatic rings. The zero-order chi connectivity index (χ0) is 8.39. The monoisotopic (exact) mass is 178 g/mol. The molecule has 1 N–H and O–H groups in total. The molecule has 2 heterocycles. The molecule has 3 nitrogen and oxygen atoms in total. The average Bonchev–Trinajstić information content (AvgIpc) is 2.54. The van der Waals surface area contributed by atoms with E-state index >= 15 is 0 Å². The Bertz CT molecular complexity index is 418. The molecule has 0 amide bonds. The van der Waals surface area contributed by atoms with Gasteiger partial charge in [-0.1, -0.05) is 17.4 Å². The zero-order valence-corrected chi connectivity index (χ0v) is 6.97. The first-order valence-corrected chi connectivity index (χ1v) is 4.27. The highest BCUT2D eigenvalue weighted by molar-refractivity contribution is 7.12. The summed E-state index contributed by atoms with van der Waals surface area (Å²) in [4.78, 5) is 18.3. The molecule has 0 unspecified atom stereocenters. The van der Waals surface area contributed by atoms with E-state index in [0.29, 0.717) is 0 Å². The predicted molar refractivity (Wildman–Crippen MR) is 48.2 cm³/mol. The van der Waals surface area contributed by atoms with Gasteiger partial charge in [-0.15, -0.1) is 0 Å². The van der Waals surface area contributed by atoms with Crippen LogP contribution in [-0.2, 0) is 0 Å². The molecule has 0 saturated carbocycles. The summed E-state index contributed by atoms with van der Waals surface area (Å²) in [6.45, 7) is 0. The molecule has 4 heteroatoms. The molecule has 0 radical (unpaired) electrons. The fraction of sp³-hybridized carbons (Fsp3) is 0. The Morgan fingerprint density at radius 3 is 3.00 bits per heavy atom. The molecule has 0 spiro atoms. The summed E-state index contributed by atoms with van der Waals surface area (Å²) in [5.41, 5.74) is 0.973. The van der Waals surface area contributed by atoms with Gasteiger partial charge >= 0.3 is 4.87 Å². The van der Waals surface area contributed by atoms with Crippen LogP contribution in [0.4, 0.5) is 0 Å². The van der Waals surface area contributed by atoms with E-state index in [1.54, 1.807) is 18.6 Å². The van der Waals surface area contributed by atoms with Crippen molar-refractivity contribution in [1.29, 1.82) is 0 Å². The van der Waals surface area contributed by atoms with Crippen molar-refractivity contribution in [3.8, 4) is 10.4 Å². The van der Waals surface area contributed by atoms with Crippen LogP contribution in [0.5, 0.6) is 0 Å². The Labute approximate surface area is 72.7 Å². The van der Waals surface area contributed by atoms with Gasteiger partial charge in [-0.3, -0.25) is 9.78 Å². The highest BCUT2D eigenvalue weighted by Gasteiger charge is 1.98. The highest BCUT2D eigenvalue weighted by Crippen LogP contribution is 2.18. The first kappa shape index (κ1) is 7.24. The Balaban J connectivity index is 2.51. The molecule has 0 saturated heterocycles. The maximum atomic E-state index is 10.8. The van der Waals surface area contributed by atoms with Crippen LogP contribution in [0.15, 0.2) is 35.5 Å². The second-order valence-corrected chi connectivity index (χ2v) is 3.30. The highest BCUT2D eigenvalue weighted by atomic mass is 32.1. The second kappa shape index (κ2) is 2.91. The normalized spacial score (nSPS) is 10.0. The first-order valence-electron chi connectivity index (χ1n) is 3.45. The minimum Gasteiger partial charge on any atom is -0.319 e. The van der Waals surface area contributed by atoms with E-state index in [4.69, 9.17) is 0 Å². The molecule has 12 heavy (non-hydrogen) atoms. The van der Waals surface area contributed by atoms with Crippen LogP contribution in [-0.4, -0.2) is 9.97 Å². The molecule has 2 aromatic heterocycles. The smallest absolute Gasteiger partial charge is 0.305 e. The van der Waals surface area contributed by atoms with Crippen LogP contribution in [0.1, 0.15) is 0 Å². The number of thiazole rings is 1. The molecule has 2 aromatic rings. The van der Waals surface area contributed by atoms with Crippen molar-refractivity contribution < 1.29 is 0 Å². The first-order chi connectivity index (χ1) is 5.86. The minimum absolute atomic E-state index is 0.0335. The van der Waals surface area contributed by atoms with Gasteiger partial charge in [0, 0.05) is 24.2 Å². The number of hydrogen-bond acceptors (Lipinski definition) is 3. The van der Waals surface area contributed by atoms with E-state index in [9.17, 15) is 4.79 Å². The zero-order valence-electron chi connectivity index (χ0n) is 6.15. The van der Waals surface area contributed by atoms with Gasteiger partial charge in [-0.05, 0) is 6.07 Å². The number of nitrogens with one attached hydrogen (secondary N) is 1. The Morgan fingerprint density at radius 2 is 2.42 bits per heavy atom. The second-order valence-electron chi connectivity index (χ2n) is 2.28. The maximum absolute atomic E-state index is 10.8. The number of hydrogen-bond donors (Lipinski definition) is 1. The van der Waals surface area contributed by atoms with Gasteiger partial charge in [0.05, 0.1) is 4.88 Å². The van der Waals surface area contributed by atoms with E-state index in [0.717, 1.165) is 10.4 Å².